The van der Waals surface area contributed by atoms with Gasteiger partial charge in [0.1, 0.15) is 12.4 Å². The van der Waals surface area contributed by atoms with Crippen LogP contribution in [0.4, 0.5) is 0 Å². The molecule has 0 spiro atoms. The number of aryl methyl sites for hydroxylation is 1. The molecule has 128 valence electrons. The summed E-state index contributed by atoms with van der Waals surface area (Å²) in [4.78, 5) is 0. The number of nitrogens with one attached hydrogen (secondary N) is 1. The number of benzene rings is 2. The third-order valence-electron chi connectivity index (χ3n) is 3.57. The van der Waals surface area contributed by atoms with Crippen molar-refractivity contribution < 1.29 is 4.74 Å². The molecule has 0 atom stereocenters. The summed E-state index contributed by atoms with van der Waals surface area (Å²) in [5, 5.41) is 11.3. The smallest absolute Gasteiger partial charge is 0.216 e. The molecule has 1 heterocycles. The second kappa shape index (κ2) is 8.22. The van der Waals surface area contributed by atoms with Gasteiger partial charge in [0.2, 0.25) is 4.77 Å². The zero-order valence-electron chi connectivity index (χ0n) is 13.6. The molecule has 25 heavy (non-hydrogen) atoms. The number of H-pyrrole nitrogens is 1. The molecule has 0 aliphatic rings. The minimum atomic E-state index is 0.473. The normalized spacial score (nSPS) is 11.1. The molecule has 0 aliphatic carbocycles. The van der Waals surface area contributed by atoms with E-state index in [0.717, 1.165) is 33.6 Å². The molecule has 3 aromatic rings. The van der Waals surface area contributed by atoms with Crippen molar-refractivity contribution in [1.82, 2.24) is 14.9 Å². The summed E-state index contributed by atoms with van der Waals surface area (Å²) >= 11 is 8.64. The molecule has 1 N–H and O–H groups in total. The van der Waals surface area contributed by atoms with Crippen LogP contribution in [-0.2, 0) is 13.0 Å². The van der Waals surface area contributed by atoms with Crippen LogP contribution in [0.3, 0.4) is 0 Å². The lowest BCUT2D eigenvalue weighted by molar-refractivity contribution is 0.306. The first-order valence-corrected chi connectivity index (χ1v) is 9.04. The van der Waals surface area contributed by atoms with Crippen LogP contribution in [0.5, 0.6) is 5.75 Å². The van der Waals surface area contributed by atoms with Crippen molar-refractivity contribution in [3.8, 4) is 5.75 Å². The highest BCUT2D eigenvalue weighted by molar-refractivity contribution is 9.10. The predicted octanol–water partition coefficient (Wildman–Crippen LogP) is 4.73. The molecule has 7 heteroatoms. The largest absolute Gasteiger partial charge is 0.488 e. The first kappa shape index (κ1) is 17.6. The first-order chi connectivity index (χ1) is 12.2. The van der Waals surface area contributed by atoms with Crippen molar-refractivity contribution in [1.29, 1.82) is 0 Å². The van der Waals surface area contributed by atoms with Gasteiger partial charge in [-0.1, -0.05) is 47.1 Å². The van der Waals surface area contributed by atoms with Crippen molar-refractivity contribution in [3.63, 3.8) is 0 Å². The summed E-state index contributed by atoms with van der Waals surface area (Å²) in [6.07, 6.45) is 2.48. The van der Waals surface area contributed by atoms with Crippen LogP contribution in [0.15, 0.2) is 58.1 Å². The SMILES string of the molecule is CCc1n[nH]c(=S)n1/N=C\c1ccccc1OCc1ccc(Br)cc1. The average molecular weight is 417 g/mol. The van der Waals surface area contributed by atoms with E-state index in [1.165, 1.54) is 0 Å². The predicted molar refractivity (Wildman–Crippen MR) is 105 cm³/mol. The quantitative estimate of drug-likeness (QED) is 0.466. The van der Waals surface area contributed by atoms with Gasteiger partial charge in [0.25, 0.3) is 0 Å². The molecular formula is C18H17BrN4OS. The molecule has 0 bridgehead atoms. The number of para-hydroxylation sites is 1. The van der Waals surface area contributed by atoms with E-state index in [0.29, 0.717) is 11.4 Å². The van der Waals surface area contributed by atoms with E-state index in [2.05, 4.69) is 31.2 Å². The van der Waals surface area contributed by atoms with Gasteiger partial charge in [0, 0.05) is 16.5 Å². The van der Waals surface area contributed by atoms with E-state index in [-0.39, 0.29) is 0 Å². The summed E-state index contributed by atoms with van der Waals surface area (Å²) in [5.74, 6) is 1.55. The lowest BCUT2D eigenvalue weighted by Crippen LogP contribution is -2.00. The number of hydrogen-bond donors (Lipinski definition) is 1. The van der Waals surface area contributed by atoms with Gasteiger partial charge in [-0.25, -0.2) is 0 Å². The summed E-state index contributed by atoms with van der Waals surface area (Å²) in [6.45, 7) is 2.50. The van der Waals surface area contributed by atoms with Crippen molar-refractivity contribution in [3.05, 3.63) is 74.7 Å². The number of nitrogens with zero attached hydrogens (tertiary/aromatic N) is 3. The fourth-order valence-corrected chi connectivity index (χ4v) is 2.71. The number of aromatic amines is 1. The fourth-order valence-electron chi connectivity index (χ4n) is 2.25. The zero-order valence-corrected chi connectivity index (χ0v) is 16.0. The molecule has 1 aromatic heterocycles. The third kappa shape index (κ3) is 4.43. The number of aromatic nitrogens is 3. The van der Waals surface area contributed by atoms with Crippen molar-refractivity contribution in [2.24, 2.45) is 5.10 Å². The standard InChI is InChI=1S/C18H17BrN4OS/c1-2-17-21-22-18(25)23(17)20-11-14-5-3-4-6-16(14)24-12-13-7-9-15(19)10-8-13/h3-11H,2,12H2,1H3,(H,22,25)/b20-11-. The third-order valence-corrected chi connectivity index (χ3v) is 4.37. The topological polar surface area (TPSA) is 55.2 Å². The van der Waals surface area contributed by atoms with Crippen LogP contribution in [0.1, 0.15) is 23.9 Å². The Labute approximate surface area is 159 Å². The molecule has 0 unspecified atom stereocenters. The van der Waals surface area contributed by atoms with Gasteiger partial charge < -0.3 is 4.74 Å². The first-order valence-electron chi connectivity index (χ1n) is 7.84. The van der Waals surface area contributed by atoms with E-state index in [4.69, 9.17) is 17.0 Å². The molecule has 0 aliphatic heterocycles. The number of rotatable bonds is 6. The van der Waals surface area contributed by atoms with Crippen LogP contribution in [0.25, 0.3) is 0 Å². The molecular weight excluding hydrogens is 400 g/mol. The molecule has 3 rings (SSSR count). The van der Waals surface area contributed by atoms with E-state index in [1.807, 2.05) is 55.5 Å². The Morgan fingerprint density at radius 3 is 2.76 bits per heavy atom. The van der Waals surface area contributed by atoms with Gasteiger partial charge in [-0.05, 0) is 42.0 Å². The number of hydrogen-bond acceptors (Lipinski definition) is 4. The molecule has 0 radical (unpaired) electrons. The molecule has 5 nitrogen and oxygen atoms in total. The highest BCUT2D eigenvalue weighted by Gasteiger charge is 2.04. The summed E-state index contributed by atoms with van der Waals surface area (Å²) in [7, 11) is 0. The Kier molecular flexibility index (Phi) is 5.78. The molecule has 0 saturated carbocycles. The maximum atomic E-state index is 5.95. The lowest BCUT2D eigenvalue weighted by Gasteiger charge is -2.09. The monoisotopic (exact) mass is 416 g/mol. The van der Waals surface area contributed by atoms with Crippen LogP contribution in [0, 0.1) is 4.77 Å². The Bertz CT molecular complexity index is 931. The molecule has 0 amide bonds. The Morgan fingerprint density at radius 2 is 2.00 bits per heavy atom. The minimum absolute atomic E-state index is 0.473. The average Bonchev–Trinajstić information content (AvgIpc) is 3.00. The van der Waals surface area contributed by atoms with Crippen LogP contribution in [0.2, 0.25) is 0 Å². The lowest BCUT2D eigenvalue weighted by atomic mass is 10.2. The van der Waals surface area contributed by atoms with E-state index in [9.17, 15) is 0 Å². The van der Waals surface area contributed by atoms with Gasteiger partial charge in [0.15, 0.2) is 5.82 Å². The Balaban J connectivity index is 1.78. The van der Waals surface area contributed by atoms with Gasteiger partial charge in [-0.2, -0.15) is 14.9 Å². The molecule has 0 saturated heterocycles. The van der Waals surface area contributed by atoms with E-state index < -0.39 is 0 Å². The van der Waals surface area contributed by atoms with Crippen molar-refractivity contribution in [2.75, 3.05) is 0 Å². The van der Waals surface area contributed by atoms with Crippen LogP contribution < -0.4 is 4.74 Å². The molecule has 2 aromatic carbocycles. The summed E-state index contributed by atoms with van der Waals surface area (Å²) in [6, 6.07) is 15.8. The highest BCUT2D eigenvalue weighted by Crippen LogP contribution is 2.19. The number of halogens is 1. The highest BCUT2D eigenvalue weighted by atomic mass is 79.9. The summed E-state index contributed by atoms with van der Waals surface area (Å²) in [5.41, 5.74) is 1.98. The van der Waals surface area contributed by atoms with Gasteiger partial charge >= 0.3 is 0 Å². The maximum Gasteiger partial charge on any atom is 0.216 e. The summed E-state index contributed by atoms with van der Waals surface area (Å²) < 4.78 is 9.10. The maximum absolute atomic E-state index is 5.95. The van der Waals surface area contributed by atoms with Gasteiger partial charge in [0.05, 0.1) is 6.21 Å². The second-order valence-electron chi connectivity index (χ2n) is 5.31. The Morgan fingerprint density at radius 1 is 1.24 bits per heavy atom. The van der Waals surface area contributed by atoms with E-state index in [1.54, 1.807) is 10.9 Å². The minimum Gasteiger partial charge on any atom is -0.488 e. The number of ether oxygens (including phenoxy) is 1. The van der Waals surface area contributed by atoms with Crippen molar-refractivity contribution >= 4 is 34.4 Å². The second-order valence-corrected chi connectivity index (χ2v) is 6.61. The molecule has 0 fully saturated rings. The van der Waals surface area contributed by atoms with Crippen LogP contribution in [-0.4, -0.2) is 21.1 Å². The van der Waals surface area contributed by atoms with Crippen LogP contribution >= 0.6 is 28.1 Å². The van der Waals surface area contributed by atoms with Crippen molar-refractivity contribution in [2.45, 2.75) is 20.0 Å². The van der Waals surface area contributed by atoms with E-state index >= 15 is 0 Å². The zero-order chi connectivity index (χ0) is 17.6. The fraction of sp³-hybridized carbons (Fsp3) is 0.167. The van der Waals surface area contributed by atoms with Gasteiger partial charge in [-0.15, -0.1) is 0 Å². The van der Waals surface area contributed by atoms with Gasteiger partial charge in [-0.3, -0.25) is 5.10 Å². The Hall–Kier alpha value is -2.25.